The molecule has 1 atom stereocenters. The maximum atomic E-state index is 5.59. The Labute approximate surface area is 104 Å². The van der Waals surface area contributed by atoms with Crippen molar-refractivity contribution in [2.75, 3.05) is 32.2 Å². The van der Waals surface area contributed by atoms with E-state index in [9.17, 15) is 0 Å². The second-order valence-electron chi connectivity index (χ2n) is 5.09. The minimum Gasteiger partial charge on any atom is -0.379 e. The van der Waals surface area contributed by atoms with Crippen molar-refractivity contribution in [3.05, 3.63) is 0 Å². The number of halogens is 1. The van der Waals surface area contributed by atoms with E-state index in [4.69, 9.17) is 16.3 Å². The molecule has 0 N–H and O–H groups in total. The number of hydrogen-bond acceptors (Lipinski definition) is 2. The van der Waals surface area contributed by atoms with Gasteiger partial charge in [0.15, 0.2) is 0 Å². The van der Waals surface area contributed by atoms with Gasteiger partial charge in [0.25, 0.3) is 0 Å². The van der Waals surface area contributed by atoms with Crippen molar-refractivity contribution in [3.8, 4) is 0 Å². The van der Waals surface area contributed by atoms with Crippen molar-refractivity contribution in [2.45, 2.75) is 44.6 Å². The first-order valence-corrected chi connectivity index (χ1v) is 7.33. The van der Waals surface area contributed by atoms with Crippen LogP contribution in [0.3, 0.4) is 0 Å². The minimum atomic E-state index is 0.617. The van der Waals surface area contributed by atoms with Gasteiger partial charge in [0.2, 0.25) is 0 Å². The molecule has 1 unspecified atom stereocenters. The largest absolute Gasteiger partial charge is 0.379 e. The van der Waals surface area contributed by atoms with Crippen LogP contribution < -0.4 is 0 Å². The molecule has 0 amide bonds. The summed E-state index contributed by atoms with van der Waals surface area (Å²) in [5.74, 6) is 1.60. The van der Waals surface area contributed by atoms with Crippen LogP contribution >= 0.6 is 11.6 Å². The zero-order valence-electron chi connectivity index (χ0n) is 10.2. The molecule has 0 bridgehead atoms. The van der Waals surface area contributed by atoms with Crippen LogP contribution in [0.2, 0.25) is 0 Å². The summed E-state index contributed by atoms with van der Waals surface area (Å²) in [5, 5.41) is 0. The van der Waals surface area contributed by atoms with E-state index in [2.05, 4.69) is 4.90 Å². The second-order valence-corrected chi connectivity index (χ2v) is 5.47. The average molecular weight is 246 g/mol. The number of hydrogen-bond donors (Lipinski definition) is 0. The molecule has 1 heterocycles. The molecule has 0 spiro atoms. The van der Waals surface area contributed by atoms with Crippen LogP contribution in [0, 0.1) is 5.92 Å². The molecule has 2 aliphatic rings. The number of alkyl halides is 1. The highest BCUT2D eigenvalue weighted by molar-refractivity contribution is 6.17. The second kappa shape index (κ2) is 6.83. The summed E-state index contributed by atoms with van der Waals surface area (Å²) in [4.78, 5) is 2.66. The van der Waals surface area contributed by atoms with Crippen molar-refractivity contribution < 1.29 is 4.74 Å². The SMILES string of the molecule is ClCCOCCN1CCCC1C1CCCC1. The topological polar surface area (TPSA) is 12.5 Å². The Hall–Kier alpha value is 0.210. The third-order valence-corrected chi connectivity index (χ3v) is 4.26. The van der Waals surface area contributed by atoms with Crippen molar-refractivity contribution >= 4 is 11.6 Å². The van der Waals surface area contributed by atoms with E-state index in [1.54, 1.807) is 0 Å². The van der Waals surface area contributed by atoms with Crippen LogP contribution in [0.1, 0.15) is 38.5 Å². The third kappa shape index (κ3) is 3.35. The summed E-state index contributed by atoms with van der Waals surface area (Å²) >= 11 is 5.59. The van der Waals surface area contributed by atoms with Gasteiger partial charge in [-0.3, -0.25) is 4.90 Å². The quantitative estimate of drug-likeness (QED) is 0.527. The summed E-state index contributed by atoms with van der Waals surface area (Å²) < 4.78 is 5.48. The van der Waals surface area contributed by atoms with E-state index >= 15 is 0 Å². The first-order chi connectivity index (χ1) is 7.92. The van der Waals surface area contributed by atoms with Gasteiger partial charge in [-0.15, -0.1) is 11.6 Å². The molecule has 94 valence electrons. The minimum absolute atomic E-state index is 0.617. The van der Waals surface area contributed by atoms with Crippen LogP contribution in [0.5, 0.6) is 0 Å². The molecule has 1 saturated carbocycles. The lowest BCUT2D eigenvalue weighted by atomic mass is 9.96. The molecule has 1 saturated heterocycles. The van der Waals surface area contributed by atoms with Gasteiger partial charge in [-0.1, -0.05) is 12.8 Å². The van der Waals surface area contributed by atoms with Crippen LogP contribution in [-0.4, -0.2) is 43.1 Å². The Balaban J connectivity index is 1.70. The van der Waals surface area contributed by atoms with Crippen LogP contribution in [-0.2, 0) is 4.74 Å². The predicted octanol–water partition coefficient (Wildman–Crippen LogP) is 2.90. The molecule has 1 aliphatic heterocycles. The summed E-state index contributed by atoms with van der Waals surface area (Å²) in [6.45, 7) is 3.95. The van der Waals surface area contributed by atoms with Crippen molar-refractivity contribution in [3.63, 3.8) is 0 Å². The summed E-state index contributed by atoms with van der Waals surface area (Å²) in [5.41, 5.74) is 0. The fraction of sp³-hybridized carbons (Fsp3) is 1.00. The Morgan fingerprint density at radius 2 is 1.88 bits per heavy atom. The molecule has 2 nitrogen and oxygen atoms in total. The molecule has 2 rings (SSSR count). The maximum Gasteiger partial charge on any atom is 0.0602 e. The van der Waals surface area contributed by atoms with Crippen LogP contribution in [0.4, 0.5) is 0 Å². The molecule has 1 aliphatic carbocycles. The molecular formula is C13H24ClNO. The molecular weight excluding hydrogens is 222 g/mol. The molecule has 0 radical (unpaired) electrons. The lowest BCUT2D eigenvalue weighted by molar-refractivity contribution is 0.0969. The highest BCUT2D eigenvalue weighted by Crippen LogP contribution is 2.35. The van der Waals surface area contributed by atoms with Gasteiger partial charge >= 0.3 is 0 Å². The smallest absolute Gasteiger partial charge is 0.0602 e. The highest BCUT2D eigenvalue weighted by Gasteiger charge is 2.32. The summed E-state index contributed by atoms with van der Waals surface area (Å²) in [7, 11) is 0. The number of likely N-dealkylation sites (tertiary alicyclic amines) is 1. The van der Waals surface area contributed by atoms with E-state index in [1.807, 2.05) is 0 Å². The van der Waals surface area contributed by atoms with Gasteiger partial charge in [0.05, 0.1) is 13.2 Å². The van der Waals surface area contributed by atoms with Crippen molar-refractivity contribution in [1.29, 1.82) is 0 Å². The molecule has 3 heteroatoms. The fourth-order valence-corrected chi connectivity index (χ4v) is 3.45. The van der Waals surface area contributed by atoms with E-state index in [0.29, 0.717) is 12.5 Å². The van der Waals surface area contributed by atoms with Gasteiger partial charge in [-0.25, -0.2) is 0 Å². The molecule has 0 aromatic rings. The van der Waals surface area contributed by atoms with Gasteiger partial charge in [-0.2, -0.15) is 0 Å². The highest BCUT2D eigenvalue weighted by atomic mass is 35.5. The zero-order chi connectivity index (χ0) is 11.2. The molecule has 16 heavy (non-hydrogen) atoms. The Morgan fingerprint density at radius 3 is 2.62 bits per heavy atom. The Kier molecular flexibility index (Phi) is 5.40. The van der Waals surface area contributed by atoms with Gasteiger partial charge < -0.3 is 4.74 Å². The van der Waals surface area contributed by atoms with Crippen LogP contribution in [0.25, 0.3) is 0 Å². The standard InChI is InChI=1S/C13H24ClNO/c14-7-10-16-11-9-15-8-3-6-13(15)12-4-1-2-5-12/h12-13H,1-11H2. The first kappa shape index (κ1) is 12.7. The summed E-state index contributed by atoms with van der Waals surface area (Å²) in [6, 6.07) is 0.863. The number of rotatable bonds is 6. The number of nitrogens with zero attached hydrogens (tertiary/aromatic N) is 1. The van der Waals surface area contributed by atoms with Crippen molar-refractivity contribution in [2.24, 2.45) is 5.92 Å². The monoisotopic (exact) mass is 245 g/mol. The van der Waals surface area contributed by atoms with Gasteiger partial charge in [0, 0.05) is 18.5 Å². The molecule has 2 fully saturated rings. The van der Waals surface area contributed by atoms with Crippen LogP contribution in [0.15, 0.2) is 0 Å². The fourth-order valence-electron chi connectivity index (χ4n) is 3.34. The Bertz CT molecular complexity index is 194. The van der Waals surface area contributed by atoms with E-state index in [-0.39, 0.29) is 0 Å². The molecule has 0 aromatic heterocycles. The number of ether oxygens (including phenoxy) is 1. The van der Waals surface area contributed by atoms with Gasteiger partial charge in [0.1, 0.15) is 0 Å². The van der Waals surface area contributed by atoms with Gasteiger partial charge in [-0.05, 0) is 38.1 Å². The zero-order valence-corrected chi connectivity index (χ0v) is 10.9. The summed E-state index contributed by atoms with van der Waals surface area (Å²) in [6.07, 6.45) is 8.64. The first-order valence-electron chi connectivity index (χ1n) is 6.79. The lowest BCUT2D eigenvalue weighted by Crippen LogP contribution is -2.37. The van der Waals surface area contributed by atoms with E-state index in [1.165, 1.54) is 45.1 Å². The van der Waals surface area contributed by atoms with E-state index in [0.717, 1.165) is 25.1 Å². The Morgan fingerprint density at radius 1 is 1.06 bits per heavy atom. The van der Waals surface area contributed by atoms with E-state index < -0.39 is 0 Å². The van der Waals surface area contributed by atoms with Crippen molar-refractivity contribution in [1.82, 2.24) is 4.90 Å². The maximum absolute atomic E-state index is 5.59. The predicted molar refractivity (Wildman–Crippen MR) is 68.1 cm³/mol. The average Bonchev–Trinajstić information content (AvgIpc) is 2.94. The normalized spacial score (nSPS) is 27.9. The third-order valence-electron chi connectivity index (χ3n) is 4.10. The lowest BCUT2D eigenvalue weighted by Gasteiger charge is -2.29. The molecule has 0 aromatic carbocycles.